The lowest BCUT2D eigenvalue weighted by atomic mass is 9.87. The molecule has 0 saturated heterocycles. The molecular weight excluding hydrogens is 220 g/mol. The molecule has 98 valence electrons. The Morgan fingerprint density at radius 2 is 1.89 bits per heavy atom. The predicted molar refractivity (Wildman–Crippen MR) is 79.0 cm³/mol. The van der Waals surface area contributed by atoms with Crippen molar-refractivity contribution in [2.45, 2.75) is 27.2 Å². The van der Waals surface area contributed by atoms with Gasteiger partial charge in [0.05, 0.1) is 7.11 Å². The Kier molecular flexibility index (Phi) is 5.70. The van der Waals surface area contributed by atoms with Gasteiger partial charge in [0.1, 0.15) is 5.75 Å². The Morgan fingerprint density at radius 3 is 2.33 bits per heavy atom. The SMILES string of the molecule is C=C[C@@H](Cc1ccc(OC)cc1)[C@H](C)C=C(C)C. The molecule has 1 rings (SSSR count). The molecule has 0 unspecified atom stereocenters. The summed E-state index contributed by atoms with van der Waals surface area (Å²) in [7, 11) is 1.69. The summed E-state index contributed by atoms with van der Waals surface area (Å²) < 4.78 is 5.17. The van der Waals surface area contributed by atoms with Crippen molar-refractivity contribution >= 4 is 0 Å². The van der Waals surface area contributed by atoms with E-state index in [1.807, 2.05) is 12.1 Å². The molecule has 0 aliphatic heterocycles. The molecule has 0 fully saturated rings. The van der Waals surface area contributed by atoms with Gasteiger partial charge in [-0.1, -0.05) is 36.8 Å². The van der Waals surface area contributed by atoms with Crippen molar-refractivity contribution < 1.29 is 4.74 Å². The van der Waals surface area contributed by atoms with Crippen LogP contribution in [-0.4, -0.2) is 7.11 Å². The van der Waals surface area contributed by atoms with Crippen molar-refractivity contribution in [3.8, 4) is 5.75 Å². The summed E-state index contributed by atoms with van der Waals surface area (Å²) in [6, 6.07) is 8.29. The van der Waals surface area contributed by atoms with Gasteiger partial charge in [-0.05, 0) is 49.8 Å². The molecule has 1 nitrogen and oxygen atoms in total. The Labute approximate surface area is 111 Å². The highest BCUT2D eigenvalue weighted by Crippen LogP contribution is 2.22. The highest BCUT2D eigenvalue weighted by atomic mass is 16.5. The third-order valence-corrected chi connectivity index (χ3v) is 3.20. The van der Waals surface area contributed by atoms with Crippen LogP contribution in [0.25, 0.3) is 0 Å². The van der Waals surface area contributed by atoms with Gasteiger partial charge in [-0.25, -0.2) is 0 Å². The molecule has 0 radical (unpaired) electrons. The standard InChI is InChI=1S/C17H24O/c1-6-16(14(4)11-13(2)3)12-15-7-9-17(18-5)10-8-15/h6-11,14,16H,1,12H2,2-5H3/t14-,16+/m1/s1. The molecule has 0 aromatic heterocycles. The minimum absolute atomic E-state index is 0.480. The molecule has 0 bridgehead atoms. The van der Waals surface area contributed by atoms with E-state index in [1.54, 1.807) is 7.11 Å². The van der Waals surface area contributed by atoms with Gasteiger partial charge < -0.3 is 4.74 Å². The first-order valence-corrected chi connectivity index (χ1v) is 6.47. The number of methoxy groups -OCH3 is 1. The summed E-state index contributed by atoms with van der Waals surface area (Å²) in [5, 5.41) is 0. The predicted octanol–water partition coefficient (Wildman–Crippen LogP) is 4.64. The number of rotatable bonds is 6. The molecule has 18 heavy (non-hydrogen) atoms. The zero-order chi connectivity index (χ0) is 13.5. The first-order valence-electron chi connectivity index (χ1n) is 6.47. The molecular formula is C17H24O. The maximum atomic E-state index is 5.17. The summed E-state index contributed by atoms with van der Waals surface area (Å²) in [5.74, 6) is 1.91. The molecule has 0 heterocycles. The first-order chi connectivity index (χ1) is 8.56. The highest BCUT2D eigenvalue weighted by Gasteiger charge is 2.12. The van der Waals surface area contributed by atoms with Crippen LogP contribution in [0.15, 0.2) is 48.6 Å². The van der Waals surface area contributed by atoms with Gasteiger partial charge in [0, 0.05) is 0 Å². The van der Waals surface area contributed by atoms with Crippen molar-refractivity contribution in [1.82, 2.24) is 0 Å². The minimum atomic E-state index is 0.480. The van der Waals surface area contributed by atoms with Crippen molar-refractivity contribution in [1.29, 1.82) is 0 Å². The minimum Gasteiger partial charge on any atom is -0.497 e. The third kappa shape index (κ3) is 4.40. The number of hydrogen-bond donors (Lipinski definition) is 0. The summed E-state index contributed by atoms with van der Waals surface area (Å²) in [4.78, 5) is 0. The number of benzene rings is 1. The van der Waals surface area contributed by atoms with Crippen LogP contribution in [0, 0.1) is 11.8 Å². The van der Waals surface area contributed by atoms with E-state index in [2.05, 4.69) is 51.6 Å². The zero-order valence-corrected chi connectivity index (χ0v) is 11.9. The highest BCUT2D eigenvalue weighted by molar-refractivity contribution is 5.28. The molecule has 1 aromatic carbocycles. The summed E-state index contributed by atoms with van der Waals surface area (Å²) >= 11 is 0. The van der Waals surface area contributed by atoms with Crippen LogP contribution >= 0.6 is 0 Å². The van der Waals surface area contributed by atoms with E-state index in [4.69, 9.17) is 4.74 Å². The maximum Gasteiger partial charge on any atom is 0.118 e. The van der Waals surface area contributed by atoms with Crippen molar-refractivity contribution in [3.05, 3.63) is 54.1 Å². The van der Waals surface area contributed by atoms with Crippen LogP contribution in [0.5, 0.6) is 5.75 Å². The monoisotopic (exact) mass is 244 g/mol. The Hall–Kier alpha value is -1.50. The van der Waals surface area contributed by atoms with Gasteiger partial charge in [-0.2, -0.15) is 0 Å². The Bertz CT molecular complexity index is 396. The Morgan fingerprint density at radius 1 is 1.28 bits per heavy atom. The number of ether oxygens (including phenoxy) is 1. The fraction of sp³-hybridized carbons (Fsp3) is 0.412. The summed E-state index contributed by atoms with van der Waals surface area (Å²) in [6.07, 6.45) is 5.41. The molecule has 2 atom stereocenters. The number of allylic oxidation sites excluding steroid dienone is 3. The average molecular weight is 244 g/mol. The second kappa shape index (κ2) is 7.05. The van der Waals surface area contributed by atoms with Gasteiger partial charge in [0.25, 0.3) is 0 Å². The fourth-order valence-electron chi connectivity index (χ4n) is 2.17. The van der Waals surface area contributed by atoms with Crippen LogP contribution in [0.2, 0.25) is 0 Å². The molecule has 0 aliphatic carbocycles. The largest absolute Gasteiger partial charge is 0.497 e. The summed E-state index contributed by atoms with van der Waals surface area (Å²) in [5.41, 5.74) is 2.69. The van der Waals surface area contributed by atoms with Gasteiger partial charge >= 0.3 is 0 Å². The molecule has 0 N–H and O–H groups in total. The quantitative estimate of drug-likeness (QED) is 0.662. The Balaban J connectivity index is 2.73. The van der Waals surface area contributed by atoms with Crippen LogP contribution in [-0.2, 0) is 6.42 Å². The zero-order valence-electron chi connectivity index (χ0n) is 11.9. The normalized spacial score (nSPS) is 13.6. The second-order valence-corrected chi connectivity index (χ2v) is 5.05. The van der Waals surface area contributed by atoms with Crippen LogP contribution < -0.4 is 4.74 Å². The van der Waals surface area contributed by atoms with E-state index in [9.17, 15) is 0 Å². The summed E-state index contributed by atoms with van der Waals surface area (Å²) in [6.45, 7) is 10.5. The smallest absolute Gasteiger partial charge is 0.118 e. The topological polar surface area (TPSA) is 9.23 Å². The molecule has 1 heteroatoms. The van der Waals surface area contributed by atoms with Crippen molar-refractivity contribution in [2.75, 3.05) is 7.11 Å². The van der Waals surface area contributed by atoms with Gasteiger partial charge in [0.15, 0.2) is 0 Å². The van der Waals surface area contributed by atoms with E-state index in [0.717, 1.165) is 12.2 Å². The molecule has 0 saturated carbocycles. The van der Waals surface area contributed by atoms with E-state index in [-0.39, 0.29) is 0 Å². The van der Waals surface area contributed by atoms with Gasteiger partial charge in [0.2, 0.25) is 0 Å². The third-order valence-electron chi connectivity index (χ3n) is 3.20. The van der Waals surface area contributed by atoms with Gasteiger partial charge in [-0.3, -0.25) is 0 Å². The molecule has 1 aromatic rings. The first kappa shape index (κ1) is 14.6. The maximum absolute atomic E-state index is 5.17. The number of hydrogen-bond acceptors (Lipinski definition) is 1. The fourth-order valence-corrected chi connectivity index (χ4v) is 2.17. The lowest BCUT2D eigenvalue weighted by molar-refractivity contribution is 0.414. The molecule has 0 spiro atoms. The van der Waals surface area contributed by atoms with E-state index >= 15 is 0 Å². The lowest BCUT2D eigenvalue weighted by Gasteiger charge is -2.18. The van der Waals surface area contributed by atoms with Gasteiger partial charge in [-0.15, -0.1) is 6.58 Å². The van der Waals surface area contributed by atoms with Crippen molar-refractivity contribution in [2.24, 2.45) is 11.8 Å². The molecule has 0 amide bonds. The molecule has 0 aliphatic rings. The second-order valence-electron chi connectivity index (χ2n) is 5.05. The lowest BCUT2D eigenvalue weighted by Crippen LogP contribution is -2.10. The van der Waals surface area contributed by atoms with Crippen LogP contribution in [0.4, 0.5) is 0 Å². The average Bonchev–Trinajstić information content (AvgIpc) is 2.35. The van der Waals surface area contributed by atoms with Crippen LogP contribution in [0.3, 0.4) is 0 Å². The van der Waals surface area contributed by atoms with E-state index in [0.29, 0.717) is 11.8 Å². The van der Waals surface area contributed by atoms with Crippen molar-refractivity contribution in [3.63, 3.8) is 0 Å². The van der Waals surface area contributed by atoms with E-state index in [1.165, 1.54) is 11.1 Å². The van der Waals surface area contributed by atoms with Crippen LogP contribution in [0.1, 0.15) is 26.3 Å². The van der Waals surface area contributed by atoms with E-state index < -0.39 is 0 Å².